The van der Waals surface area contributed by atoms with Gasteiger partial charge in [0.15, 0.2) is 0 Å². The highest BCUT2D eigenvalue weighted by Crippen LogP contribution is 2.49. The number of hydrogen-bond donors (Lipinski definition) is 0. The van der Waals surface area contributed by atoms with E-state index in [1.165, 1.54) is 0 Å². The van der Waals surface area contributed by atoms with Crippen LogP contribution >= 0.6 is 0 Å². The van der Waals surface area contributed by atoms with Crippen molar-refractivity contribution in [2.24, 2.45) is 5.92 Å². The Morgan fingerprint density at radius 1 is 0.913 bits per heavy atom. The van der Waals surface area contributed by atoms with Crippen molar-refractivity contribution < 1.29 is 35.5 Å². The van der Waals surface area contributed by atoms with Crippen LogP contribution in [0.2, 0.25) is 0 Å². The second kappa shape index (κ2) is 7.55. The van der Waals surface area contributed by atoms with E-state index in [9.17, 15) is 30.7 Å². The van der Waals surface area contributed by atoms with E-state index in [4.69, 9.17) is 4.74 Å². The minimum atomic E-state index is -6.33. The summed E-state index contributed by atoms with van der Waals surface area (Å²) in [5, 5.41) is 0. The second-order valence-electron chi connectivity index (χ2n) is 6.13. The van der Waals surface area contributed by atoms with Crippen LogP contribution in [-0.2, 0) is 4.74 Å². The van der Waals surface area contributed by atoms with Crippen molar-refractivity contribution in [2.75, 3.05) is 26.2 Å². The molecular formula is C14H22F7NO. The van der Waals surface area contributed by atoms with Gasteiger partial charge in [-0.2, -0.15) is 30.7 Å². The standard InChI is InChI=1S/C14H22F7NO/c1-10(2)11(12(15,16)13(17,18)14(19,20)21)23-9-8-22-6-4-3-5-7-22/h10-11H,3-9H2,1-2H3. The van der Waals surface area contributed by atoms with E-state index < -0.39 is 30.0 Å². The van der Waals surface area contributed by atoms with Gasteiger partial charge < -0.3 is 9.64 Å². The topological polar surface area (TPSA) is 12.5 Å². The monoisotopic (exact) mass is 353 g/mol. The third kappa shape index (κ3) is 4.71. The zero-order valence-corrected chi connectivity index (χ0v) is 13.1. The third-order valence-corrected chi connectivity index (χ3v) is 3.89. The van der Waals surface area contributed by atoms with Gasteiger partial charge in [0.2, 0.25) is 0 Å². The van der Waals surface area contributed by atoms with Gasteiger partial charge in [0.25, 0.3) is 0 Å². The lowest BCUT2D eigenvalue weighted by Crippen LogP contribution is -2.60. The van der Waals surface area contributed by atoms with Crippen LogP contribution in [0.1, 0.15) is 33.1 Å². The number of ether oxygens (including phenoxy) is 1. The normalized spacial score (nSPS) is 20.1. The Morgan fingerprint density at radius 3 is 1.87 bits per heavy atom. The fourth-order valence-electron chi connectivity index (χ4n) is 2.58. The maximum Gasteiger partial charge on any atom is 0.459 e. The Hall–Kier alpha value is -0.570. The van der Waals surface area contributed by atoms with Crippen LogP contribution in [0.3, 0.4) is 0 Å². The third-order valence-electron chi connectivity index (χ3n) is 3.89. The summed E-state index contributed by atoms with van der Waals surface area (Å²) in [6.07, 6.45) is -5.91. The molecule has 9 heteroatoms. The quantitative estimate of drug-likeness (QED) is 0.631. The molecule has 1 aliphatic heterocycles. The van der Waals surface area contributed by atoms with Crippen molar-refractivity contribution in [2.45, 2.75) is 57.2 Å². The number of hydrogen-bond acceptors (Lipinski definition) is 2. The lowest BCUT2D eigenvalue weighted by molar-refractivity contribution is -0.376. The second-order valence-corrected chi connectivity index (χ2v) is 6.13. The molecule has 0 amide bonds. The zero-order chi connectivity index (χ0) is 17.9. The van der Waals surface area contributed by atoms with E-state index in [0.717, 1.165) is 46.2 Å². The van der Waals surface area contributed by atoms with E-state index in [1.54, 1.807) is 0 Å². The van der Waals surface area contributed by atoms with Gasteiger partial charge in [-0.1, -0.05) is 20.3 Å². The summed E-state index contributed by atoms with van der Waals surface area (Å²) in [6.45, 7) is 3.66. The summed E-state index contributed by atoms with van der Waals surface area (Å²) in [5.41, 5.74) is 0. The molecule has 1 saturated heterocycles. The van der Waals surface area contributed by atoms with Crippen LogP contribution in [-0.4, -0.2) is 55.3 Å². The molecule has 0 aromatic carbocycles. The van der Waals surface area contributed by atoms with E-state index in [-0.39, 0.29) is 13.2 Å². The number of likely N-dealkylation sites (tertiary alicyclic amines) is 1. The molecule has 0 spiro atoms. The Balaban J connectivity index is 2.72. The van der Waals surface area contributed by atoms with Crippen molar-refractivity contribution in [3.8, 4) is 0 Å². The maximum absolute atomic E-state index is 13.8. The Morgan fingerprint density at radius 2 is 1.43 bits per heavy atom. The lowest BCUT2D eigenvalue weighted by atomic mass is 9.95. The SMILES string of the molecule is CC(C)C(OCCN1CCCCC1)C(F)(F)C(F)(F)C(F)(F)F. The molecule has 0 radical (unpaired) electrons. The summed E-state index contributed by atoms with van der Waals surface area (Å²) in [7, 11) is 0. The highest BCUT2D eigenvalue weighted by molar-refractivity contribution is 4.97. The zero-order valence-electron chi connectivity index (χ0n) is 13.1. The molecule has 1 heterocycles. The van der Waals surface area contributed by atoms with Gasteiger partial charge in [0.1, 0.15) is 6.10 Å². The molecule has 0 aromatic heterocycles. The molecule has 23 heavy (non-hydrogen) atoms. The summed E-state index contributed by atoms with van der Waals surface area (Å²) < 4.78 is 95.4. The molecule has 0 aromatic rings. The Labute approximate surface area is 131 Å². The van der Waals surface area contributed by atoms with E-state index >= 15 is 0 Å². The van der Waals surface area contributed by atoms with Gasteiger partial charge in [-0.15, -0.1) is 0 Å². The average molecular weight is 353 g/mol. The van der Waals surface area contributed by atoms with Gasteiger partial charge in [-0.05, 0) is 31.8 Å². The number of halogens is 7. The maximum atomic E-state index is 13.8. The summed E-state index contributed by atoms with van der Waals surface area (Å²) >= 11 is 0. The number of rotatable bonds is 7. The Bertz CT molecular complexity index is 365. The molecule has 0 saturated carbocycles. The van der Waals surface area contributed by atoms with E-state index in [0.29, 0.717) is 0 Å². The molecular weight excluding hydrogens is 331 g/mol. The number of piperidine rings is 1. The first-order valence-electron chi connectivity index (χ1n) is 7.57. The summed E-state index contributed by atoms with van der Waals surface area (Å²) in [6, 6.07) is 0. The molecule has 1 unspecified atom stereocenters. The lowest BCUT2D eigenvalue weighted by Gasteiger charge is -2.36. The molecule has 1 rings (SSSR count). The molecule has 138 valence electrons. The van der Waals surface area contributed by atoms with Crippen LogP contribution < -0.4 is 0 Å². The van der Waals surface area contributed by atoms with Crippen molar-refractivity contribution in [1.82, 2.24) is 4.90 Å². The molecule has 1 atom stereocenters. The highest BCUT2D eigenvalue weighted by Gasteiger charge is 2.76. The fourth-order valence-corrected chi connectivity index (χ4v) is 2.58. The van der Waals surface area contributed by atoms with Crippen molar-refractivity contribution in [3.05, 3.63) is 0 Å². The first kappa shape index (κ1) is 20.5. The van der Waals surface area contributed by atoms with Gasteiger partial charge >= 0.3 is 18.0 Å². The minimum Gasteiger partial charge on any atom is -0.370 e. The minimum absolute atomic E-state index is 0.233. The Kier molecular flexibility index (Phi) is 6.72. The predicted octanol–water partition coefficient (Wildman–Crippen LogP) is 4.35. The molecule has 0 bridgehead atoms. The van der Waals surface area contributed by atoms with Crippen LogP contribution in [0.25, 0.3) is 0 Å². The highest BCUT2D eigenvalue weighted by atomic mass is 19.4. The van der Waals surface area contributed by atoms with Crippen LogP contribution in [0, 0.1) is 5.92 Å². The van der Waals surface area contributed by atoms with Crippen molar-refractivity contribution in [1.29, 1.82) is 0 Å². The molecule has 2 nitrogen and oxygen atoms in total. The van der Waals surface area contributed by atoms with Gasteiger partial charge in [0.05, 0.1) is 6.61 Å². The van der Waals surface area contributed by atoms with Crippen molar-refractivity contribution >= 4 is 0 Å². The summed E-state index contributed by atoms with van der Waals surface area (Å²) in [5.74, 6) is -12.7. The van der Waals surface area contributed by atoms with Gasteiger partial charge in [-0.3, -0.25) is 0 Å². The average Bonchev–Trinajstić information content (AvgIpc) is 2.42. The largest absolute Gasteiger partial charge is 0.459 e. The first-order valence-corrected chi connectivity index (χ1v) is 7.57. The van der Waals surface area contributed by atoms with E-state index in [1.807, 2.05) is 4.90 Å². The van der Waals surface area contributed by atoms with E-state index in [2.05, 4.69) is 0 Å². The predicted molar refractivity (Wildman–Crippen MR) is 70.8 cm³/mol. The summed E-state index contributed by atoms with van der Waals surface area (Å²) in [4.78, 5) is 1.92. The molecule has 0 aliphatic carbocycles. The molecule has 0 N–H and O–H groups in total. The molecule has 1 fully saturated rings. The van der Waals surface area contributed by atoms with Crippen LogP contribution in [0.5, 0.6) is 0 Å². The molecule has 1 aliphatic rings. The number of nitrogens with zero attached hydrogens (tertiary/aromatic N) is 1. The smallest absolute Gasteiger partial charge is 0.370 e. The van der Waals surface area contributed by atoms with Gasteiger partial charge in [-0.25, -0.2) is 0 Å². The van der Waals surface area contributed by atoms with Crippen LogP contribution in [0.15, 0.2) is 0 Å². The fraction of sp³-hybridized carbons (Fsp3) is 1.00. The first-order chi connectivity index (χ1) is 10.4. The van der Waals surface area contributed by atoms with Gasteiger partial charge in [0, 0.05) is 6.54 Å². The number of alkyl halides is 7. The van der Waals surface area contributed by atoms with Crippen LogP contribution in [0.4, 0.5) is 30.7 Å². The van der Waals surface area contributed by atoms with Crippen molar-refractivity contribution in [3.63, 3.8) is 0 Å².